The molecular weight excluding hydrogens is 308 g/mol. The van der Waals surface area contributed by atoms with Crippen molar-refractivity contribution in [2.45, 2.75) is 25.8 Å². The Bertz CT molecular complexity index is 603. The third-order valence-corrected chi connectivity index (χ3v) is 5.17. The molecule has 0 atom stereocenters. The molecule has 1 aromatic rings. The van der Waals surface area contributed by atoms with Gasteiger partial charge in [-0.05, 0) is 38.4 Å². The normalized spacial score (nSPS) is 18.3. The van der Waals surface area contributed by atoms with Gasteiger partial charge in [-0.2, -0.15) is 0 Å². The Morgan fingerprint density at radius 2 is 1.91 bits per heavy atom. The standard InChI is InChI=1S/C18H28N2O2S/c1-16(14-17-6-4-3-5-7-17)15-19-18-8-10-20(11-9-18)12-13-23(2,21)22/h3-7,14,18-19H,8-13,15H2,1-2H3/b16-14-. The van der Waals surface area contributed by atoms with Crippen LogP contribution in [0.1, 0.15) is 25.3 Å². The molecule has 1 aliphatic heterocycles. The third-order valence-electron chi connectivity index (χ3n) is 4.25. The van der Waals surface area contributed by atoms with E-state index in [2.05, 4.69) is 47.5 Å². The number of piperidine rings is 1. The van der Waals surface area contributed by atoms with Gasteiger partial charge in [0.1, 0.15) is 9.84 Å². The van der Waals surface area contributed by atoms with Crippen molar-refractivity contribution in [2.75, 3.05) is 38.2 Å². The maximum atomic E-state index is 11.2. The van der Waals surface area contributed by atoms with Gasteiger partial charge in [-0.3, -0.25) is 0 Å². The monoisotopic (exact) mass is 336 g/mol. The molecule has 2 rings (SSSR count). The Hall–Kier alpha value is -1.17. The number of nitrogens with zero attached hydrogens (tertiary/aromatic N) is 1. The van der Waals surface area contributed by atoms with Gasteiger partial charge in [0, 0.05) is 25.4 Å². The van der Waals surface area contributed by atoms with Crippen LogP contribution in [-0.4, -0.2) is 57.5 Å². The number of benzene rings is 1. The molecule has 0 radical (unpaired) electrons. The van der Waals surface area contributed by atoms with Crippen LogP contribution in [0.15, 0.2) is 35.9 Å². The van der Waals surface area contributed by atoms with Crippen LogP contribution in [0.4, 0.5) is 0 Å². The van der Waals surface area contributed by atoms with Gasteiger partial charge >= 0.3 is 0 Å². The van der Waals surface area contributed by atoms with Crippen molar-refractivity contribution in [1.82, 2.24) is 10.2 Å². The minimum absolute atomic E-state index is 0.268. The van der Waals surface area contributed by atoms with Gasteiger partial charge in [0.2, 0.25) is 0 Å². The summed E-state index contributed by atoms with van der Waals surface area (Å²) in [6.07, 6.45) is 5.70. The van der Waals surface area contributed by atoms with Gasteiger partial charge in [-0.15, -0.1) is 0 Å². The first-order valence-corrected chi connectivity index (χ1v) is 10.3. The first-order valence-electron chi connectivity index (χ1n) is 8.28. The van der Waals surface area contributed by atoms with Crippen molar-refractivity contribution >= 4 is 15.9 Å². The summed E-state index contributed by atoms with van der Waals surface area (Å²) in [4.78, 5) is 2.26. The molecule has 1 fully saturated rings. The molecule has 0 amide bonds. The highest BCUT2D eigenvalue weighted by Gasteiger charge is 2.19. The van der Waals surface area contributed by atoms with E-state index in [9.17, 15) is 8.42 Å². The SMILES string of the molecule is C/C(=C/c1ccccc1)CNC1CCN(CCS(C)(=O)=O)CC1. The Labute approximate surface area is 140 Å². The van der Waals surface area contributed by atoms with Crippen LogP contribution in [0, 0.1) is 0 Å². The van der Waals surface area contributed by atoms with E-state index in [4.69, 9.17) is 0 Å². The molecule has 1 heterocycles. The van der Waals surface area contributed by atoms with Crippen LogP contribution in [0.2, 0.25) is 0 Å². The fraction of sp³-hybridized carbons (Fsp3) is 0.556. The molecule has 0 aliphatic carbocycles. The molecule has 0 spiro atoms. The Balaban J connectivity index is 1.69. The minimum Gasteiger partial charge on any atom is -0.310 e. The summed E-state index contributed by atoms with van der Waals surface area (Å²) in [6, 6.07) is 10.9. The summed E-state index contributed by atoms with van der Waals surface area (Å²) in [5.74, 6) is 0.268. The van der Waals surface area contributed by atoms with E-state index in [0.29, 0.717) is 12.6 Å². The lowest BCUT2D eigenvalue weighted by molar-refractivity contribution is 0.209. The average Bonchev–Trinajstić information content (AvgIpc) is 2.52. The molecule has 0 bridgehead atoms. The second kappa shape index (κ2) is 8.62. The lowest BCUT2D eigenvalue weighted by Crippen LogP contribution is -2.44. The highest BCUT2D eigenvalue weighted by atomic mass is 32.2. The average molecular weight is 337 g/mol. The number of hydrogen-bond acceptors (Lipinski definition) is 4. The van der Waals surface area contributed by atoms with Crippen molar-refractivity contribution < 1.29 is 8.42 Å². The fourth-order valence-electron chi connectivity index (χ4n) is 2.85. The van der Waals surface area contributed by atoms with Crippen LogP contribution in [0.5, 0.6) is 0 Å². The van der Waals surface area contributed by atoms with E-state index in [0.717, 1.165) is 32.5 Å². The van der Waals surface area contributed by atoms with E-state index >= 15 is 0 Å². The van der Waals surface area contributed by atoms with Gasteiger partial charge in [0.25, 0.3) is 0 Å². The molecule has 23 heavy (non-hydrogen) atoms. The second-order valence-electron chi connectivity index (χ2n) is 6.53. The van der Waals surface area contributed by atoms with Crippen molar-refractivity contribution in [1.29, 1.82) is 0 Å². The maximum Gasteiger partial charge on any atom is 0.148 e. The molecule has 0 unspecified atom stereocenters. The molecule has 1 N–H and O–H groups in total. The number of sulfone groups is 1. The lowest BCUT2D eigenvalue weighted by Gasteiger charge is -2.32. The van der Waals surface area contributed by atoms with Crippen LogP contribution in [-0.2, 0) is 9.84 Å². The van der Waals surface area contributed by atoms with Gasteiger partial charge in [-0.25, -0.2) is 8.42 Å². The molecule has 5 heteroatoms. The zero-order valence-electron chi connectivity index (χ0n) is 14.2. The lowest BCUT2D eigenvalue weighted by atomic mass is 10.0. The summed E-state index contributed by atoms with van der Waals surface area (Å²) in [5, 5.41) is 3.62. The first kappa shape index (κ1) is 18.2. The predicted octanol–water partition coefficient (Wildman–Crippen LogP) is 2.19. The molecule has 1 aromatic carbocycles. The van der Waals surface area contributed by atoms with Crippen LogP contribution in [0.3, 0.4) is 0 Å². The van der Waals surface area contributed by atoms with Gasteiger partial charge in [-0.1, -0.05) is 42.0 Å². The fourth-order valence-corrected chi connectivity index (χ4v) is 3.44. The van der Waals surface area contributed by atoms with Crippen LogP contribution >= 0.6 is 0 Å². The number of likely N-dealkylation sites (tertiary alicyclic amines) is 1. The van der Waals surface area contributed by atoms with E-state index in [1.807, 2.05) is 6.07 Å². The Morgan fingerprint density at radius 1 is 1.26 bits per heavy atom. The van der Waals surface area contributed by atoms with Crippen molar-refractivity contribution in [3.05, 3.63) is 41.5 Å². The Kier molecular flexibility index (Phi) is 6.81. The first-order chi connectivity index (χ1) is 10.9. The minimum atomic E-state index is -2.85. The van der Waals surface area contributed by atoms with Crippen molar-refractivity contribution in [2.24, 2.45) is 0 Å². The van der Waals surface area contributed by atoms with E-state index < -0.39 is 9.84 Å². The third kappa shape index (κ3) is 7.29. The number of nitrogens with one attached hydrogen (secondary N) is 1. The van der Waals surface area contributed by atoms with E-state index in [1.54, 1.807) is 0 Å². The molecule has 1 aliphatic rings. The molecular formula is C18H28N2O2S. The summed E-state index contributed by atoms with van der Waals surface area (Å²) in [6.45, 7) is 5.69. The van der Waals surface area contributed by atoms with Crippen molar-refractivity contribution in [3.8, 4) is 0 Å². The number of hydrogen-bond donors (Lipinski definition) is 1. The van der Waals surface area contributed by atoms with Crippen LogP contribution in [0.25, 0.3) is 6.08 Å². The molecule has 128 valence electrons. The molecule has 0 saturated carbocycles. The summed E-state index contributed by atoms with van der Waals surface area (Å²) >= 11 is 0. The topological polar surface area (TPSA) is 49.4 Å². The Morgan fingerprint density at radius 3 is 2.52 bits per heavy atom. The van der Waals surface area contributed by atoms with Gasteiger partial charge in [0.05, 0.1) is 5.75 Å². The highest BCUT2D eigenvalue weighted by molar-refractivity contribution is 7.90. The molecule has 0 aromatic heterocycles. The largest absolute Gasteiger partial charge is 0.310 e. The van der Waals surface area contributed by atoms with E-state index in [1.165, 1.54) is 17.4 Å². The maximum absolute atomic E-state index is 11.2. The van der Waals surface area contributed by atoms with Crippen molar-refractivity contribution in [3.63, 3.8) is 0 Å². The number of rotatable bonds is 7. The zero-order chi connectivity index (χ0) is 16.7. The van der Waals surface area contributed by atoms with E-state index in [-0.39, 0.29) is 5.75 Å². The summed E-state index contributed by atoms with van der Waals surface area (Å²) in [7, 11) is -2.85. The smallest absolute Gasteiger partial charge is 0.148 e. The molecule has 4 nitrogen and oxygen atoms in total. The van der Waals surface area contributed by atoms with Crippen LogP contribution < -0.4 is 5.32 Å². The van der Waals surface area contributed by atoms with Gasteiger partial charge < -0.3 is 10.2 Å². The second-order valence-corrected chi connectivity index (χ2v) is 8.79. The predicted molar refractivity (Wildman–Crippen MR) is 97.3 cm³/mol. The highest BCUT2D eigenvalue weighted by Crippen LogP contribution is 2.11. The zero-order valence-corrected chi connectivity index (χ0v) is 15.0. The summed E-state index contributed by atoms with van der Waals surface area (Å²) in [5.41, 5.74) is 2.57. The van der Waals surface area contributed by atoms with Gasteiger partial charge in [0.15, 0.2) is 0 Å². The molecule has 1 saturated heterocycles. The summed E-state index contributed by atoms with van der Waals surface area (Å²) < 4.78 is 22.4. The quantitative estimate of drug-likeness (QED) is 0.829.